The fourth-order valence-corrected chi connectivity index (χ4v) is 2.54. The van der Waals surface area contributed by atoms with Crippen molar-refractivity contribution in [1.82, 2.24) is 0 Å². The van der Waals surface area contributed by atoms with Gasteiger partial charge in [0.15, 0.2) is 6.29 Å². The maximum Gasteiger partial charge on any atom is 0.416 e. The Balaban J connectivity index is 1.74. The zero-order valence-electron chi connectivity index (χ0n) is 12.1. The predicted octanol–water partition coefficient (Wildman–Crippen LogP) is 4.72. The highest BCUT2D eigenvalue weighted by Gasteiger charge is 2.30. The lowest BCUT2D eigenvalue weighted by molar-refractivity contribution is -0.179. The van der Waals surface area contributed by atoms with Crippen molar-refractivity contribution in [3.05, 3.63) is 59.7 Å². The molecule has 0 radical (unpaired) electrons. The van der Waals surface area contributed by atoms with Crippen molar-refractivity contribution >= 4 is 12.6 Å². The Labute approximate surface area is 137 Å². The molecule has 0 atom stereocenters. The van der Waals surface area contributed by atoms with E-state index in [1.807, 2.05) is 24.3 Å². The van der Waals surface area contributed by atoms with Crippen molar-refractivity contribution in [3.63, 3.8) is 0 Å². The van der Waals surface area contributed by atoms with Crippen LogP contribution in [0.1, 0.15) is 17.4 Å². The third-order valence-corrected chi connectivity index (χ3v) is 3.91. The lowest BCUT2D eigenvalue weighted by Gasteiger charge is -2.27. The van der Waals surface area contributed by atoms with Gasteiger partial charge in [-0.05, 0) is 23.3 Å². The lowest BCUT2D eigenvalue weighted by Crippen LogP contribution is -2.27. The van der Waals surface area contributed by atoms with Crippen LogP contribution in [0.15, 0.2) is 48.5 Å². The molecule has 1 heterocycles. The summed E-state index contributed by atoms with van der Waals surface area (Å²) < 4.78 is 48.8. The summed E-state index contributed by atoms with van der Waals surface area (Å²) >= 11 is 4.28. The van der Waals surface area contributed by atoms with Crippen LogP contribution in [0, 0.1) is 0 Å². The molecule has 1 fully saturated rings. The Morgan fingerprint density at radius 3 is 1.78 bits per heavy atom. The number of rotatable bonds is 2. The Morgan fingerprint density at radius 1 is 0.826 bits per heavy atom. The van der Waals surface area contributed by atoms with Gasteiger partial charge in [0.05, 0.1) is 18.8 Å². The first-order valence-corrected chi connectivity index (χ1v) is 7.64. The zero-order valence-corrected chi connectivity index (χ0v) is 13.0. The van der Waals surface area contributed by atoms with Crippen LogP contribution in [-0.2, 0) is 15.7 Å². The van der Waals surface area contributed by atoms with Crippen LogP contribution in [0.25, 0.3) is 11.1 Å². The zero-order chi connectivity index (χ0) is 16.4. The Kier molecular flexibility index (Phi) is 4.66. The lowest BCUT2D eigenvalue weighted by atomic mass is 10.0. The molecule has 1 aliphatic rings. The van der Waals surface area contributed by atoms with Gasteiger partial charge >= 0.3 is 6.18 Å². The van der Waals surface area contributed by atoms with Gasteiger partial charge in [-0.3, -0.25) is 0 Å². The topological polar surface area (TPSA) is 18.5 Å². The first kappa shape index (κ1) is 16.4. The summed E-state index contributed by atoms with van der Waals surface area (Å²) in [4.78, 5) is 0. The summed E-state index contributed by atoms with van der Waals surface area (Å²) in [6.07, 6.45) is -4.73. The van der Waals surface area contributed by atoms with E-state index < -0.39 is 18.0 Å². The molecule has 0 bridgehead atoms. The van der Waals surface area contributed by atoms with Crippen LogP contribution in [0.2, 0.25) is 0 Å². The second-order valence-electron chi connectivity index (χ2n) is 5.35. The van der Waals surface area contributed by atoms with Crippen molar-refractivity contribution in [2.24, 2.45) is 0 Å². The first-order valence-electron chi connectivity index (χ1n) is 7.12. The third kappa shape index (κ3) is 3.88. The van der Waals surface area contributed by atoms with E-state index in [0.717, 1.165) is 28.8 Å². The number of thiol groups is 1. The molecule has 0 aromatic heterocycles. The number of benzene rings is 2. The van der Waals surface area contributed by atoms with Crippen molar-refractivity contribution < 1.29 is 22.6 Å². The van der Waals surface area contributed by atoms with E-state index in [-0.39, 0.29) is 5.25 Å². The molecule has 1 saturated heterocycles. The fraction of sp³-hybridized carbons (Fsp3) is 0.294. The van der Waals surface area contributed by atoms with E-state index in [1.54, 1.807) is 0 Å². The largest absolute Gasteiger partial charge is 0.416 e. The van der Waals surface area contributed by atoms with Gasteiger partial charge in [0.25, 0.3) is 0 Å². The Bertz CT molecular complexity index is 645. The van der Waals surface area contributed by atoms with Crippen molar-refractivity contribution in [2.45, 2.75) is 17.7 Å². The van der Waals surface area contributed by atoms with Crippen molar-refractivity contribution in [1.29, 1.82) is 0 Å². The summed E-state index contributed by atoms with van der Waals surface area (Å²) in [5, 5.41) is 0.0812. The molecule has 6 heteroatoms. The van der Waals surface area contributed by atoms with E-state index in [9.17, 15) is 13.2 Å². The molecule has 0 amide bonds. The average molecular weight is 340 g/mol. The smallest absolute Gasteiger partial charge is 0.347 e. The maximum atomic E-state index is 12.6. The van der Waals surface area contributed by atoms with E-state index in [1.165, 1.54) is 12.1 Å². The van der Waals surface area contributed by atoms with Crippen LogP contribution in [0.4, 0.5) is 13.2 Å². The van der Waals surface area contributed by atoms with Crippen molar-refractivity contribution in [2.75, 3.05) is 13.2 Å². The number of hydrogen-bond donors (Lipinski definition) is 1. The molecule has 3 rings (SSSR count). The molecule has 1 aliphatic heterocycles. The number of halogens is 3. The molecule has 2 nitrogen and oxygen atoms in total. The molecule has 0 saturated carbocycles. The normalized spacial score (nSPS) is 22.1. The highest BCUT2D eigenvalue weighted by atomic mass is 32.1. The Hall–Kier alpha value is -1.50. The SMILES string of the molecule is FC(F)(F)c1ccc(-c2ccc(C3OCC(S)CO3)cc2)cc1. The van der Waals surface area contributed by atoms with Crippen LogP contribution in [0.5, 0.6) is 0 Å². The summed E-state index contributed by atoms with van der Waals surface area (Å²) in [5.41, 5.74) is 1.79. The molecular weight excluding hydrogens is 325 g/mol. The molecule has 0 unspecified atom stereocenters. The molecule has 0 N–H and O–H groups in total. The minimum Gasteiger partial charge on any atom is -0.347 e. The molecule has 2 aromatic rings. The molecule has 122 valence electrons. The van der Waals surface area contributed by atoms with E-state index in [4.69, 9.17) is 9.47 Å². The van der Waals surface area contributed by atoms with Crippen LogP contribution in [0.3, 0.4) is 0 Å². The van der Waals surface area contributed by atoms with Gasteiger partial charge in [-0.25, -0.2) is 0 Å². The highest BCUT2D eigenvalue weighted by molar-refractivity contribution is 7.81. The highest BCUT2D eigenvalue weighted by Crippen LogP contribution is 2.32. The van der Waals surface area contributed by atoms with Gasteiger partial charge in [0, 0.05) is 10.8 Å². The minimum absolute atomic E-state index is 0.0812. The summed E-state index contributed by atoms with van der Waals surface area (Å²) in [6.45, 7) is 1.04. The second-order valence-corrected chi connectivity index (χ2v) is 6.08. The van der Waals surface area contributed by atoms with Crippen molar-refractivity contribution in [3.8, 4) is 11.1 Å². The monoisotopic (exact) mass is 340 g/mol. The average Bonchev–Trinajstić information content (AvgIpc) is 2.55. The molecule has 2 aromatic carbocycles. The predicted molar refractivity (Wildman–Crippen MR) is 84.3 cm³/mol. The minimum atomic E-state index is -4.32. The summed E-state index contributed by atoms with van der Waals surface area (Å²) in [5.74, 6) is 0. The second kappa shape index (κ2) is 6.55. The van der Waals surface area contributed by atoms with Crippen LogP contribution >= 0.6 is 12.6 Å². The molecule has 23 heavy (non-hydrogen) atoms. The Morgan fingerprint density at radius 2 is 1.30 bits per heavy atom. The molecular formula is C17H15F3O2S. The fourth-order valence-electron chi connectivity index (χ4n) is 2.37. The maximum absolute atomic E-state index is 12.6. The van der Waals surface area contributed by atoms with Gasteiger partial charge < -0.3 is 9.47 Å². The number of ether oxygens (including phenoxy) is 2. The molecule has 0 aliphatic carbocycles. The quantitative estimate of drug-likeness (QED) is 0.798. The third-order valence-electron chi connectivity index (χ3n) is 3.61. The van der Waals surface area contributed by atoms with Gasteiger partial charge in [-0.2, -0.15) is 25.8 Å². The summed E-state index contributed by atoms with van der Waals surface area (Å²) in [6, 6.07) is 12.5. The molecule has 0 spiro atoms. The number of alkyl halides is 3. The van der Waals surface area contributed by atoms with Crippen LogP contribution < -0.4 is 0 Å². The van der Waals surface area contributed by atoms with Gasteiger partial charge in [0.1, 0.15) is 0 Å². The van der Waals surface area contributed by atoms with E-state index in [0.29, 0.717) is 13.2 Å². The van der Waals surface area contributed by atoms with E-state index in [2.05, 4.69) is 12.6 Å². The van der Waals surface area contributed by atoms with Crippen LogP contribution in [-0.4, -0.2) is 18.5 Å². The van der Waals surface area contributed by atoms with Gasteiger partial charge in [0.2, 0.25) is 0 Å². The first-order chi connectivity index (χ1) is 10.9. The van der Waals surface area contributed by atoms with E-state index >= 15 is 0 Å². The summed E-state index contributed by atoms with van der Waals surface area (Å²) in [7, 11) is 0. The van der Waals surface area contributed by atoms with Gasteiger partial charge in [-0.15, -0.1) is 0 Å². The van der Waals surface area contributed by atoms with Gasteiger partial charge in [-0.1, -0.05) is 36.4 Å². The number of hydrogen-bond acceptors (Lipinski definition) is 3. The standard InChI is InChI=1S/C17H15F3O2S/c18-17(19,20)14-7-5-12(6-8-14)11-1-3-13(4-2-11)16-21-9-15(23)10-22-16/h1-8,15-16,23H,9-10H2.